The Morgan fingerprint density at radius 1 is 0.676 bits per heavy atom. The van der Waals surface area contributed by atoms with E-state index in [1.165, 1.54) is 36.4 Å². The van der Waals surface area contributed by atoms with Gasteiger partial charge in [-0.3, -0.25) is 30.3 Å². The van der Waals surface area contributed by atoms with Crippen LogP contribution in [0.2, 0.25) is 0 Å². The van der Waals surface area contributed by atoms with Gasteiger partial charge in [0.05, 0.1) is 21.9 Å². The molecule has 0 saturated heterocycles. The minimum atomic E-state index is -1.94. The Kier molecular flexibility index (Phi) is 5.72. The summed E-state index contributed by atoms with van der Waals surface area (Å²) in [6.45, 7) is 2.46. The number of hydrogen-bond acceptors (Lipinski definition) is 6. The van der Waals surface area contributed by atoms with Crippen molar-refractivity contribution in [1.82, 2.24) is 0 Å². The average molecular weight is 461 g/mol. The molecule has 0 bridgehead atoms. The van der Waals surface area contributed by atoms with E-state index in [0.717, 1.165) is 27.5 Å². The molecule has 34 heavy (non-hydrogen) atoms. The molecule has 0 aromatic heterocycles. The van der Waals surface area contributed by atoms with Crippen molar-refractivity contribution in [2.75, 3.05) is 13.7 Å². The van der Waals surface area contributed by atoms with Crippen LogP contribution in [0.25, 0.3) is 5.47 Å². The predicted molar refractivity (Wildman–Crippen MR) is 129 cm³/mol. The monoisotopic (exact) mass is 461 g/mol. The highest BCUT2D eigenvalue weighted by molar-refractivity contribution is 7.12. The molecule has 4 rings (SSSR count). The number of non-ortho nitro benzene ring substituents is 3. The molecule has 0 spiro atoms. The fourth-order valence-electron chi connectivity index (χ4n) is 5.06. The molecule has 0 saturated carbocycles. The summed E-state index contributed by atoms with van der Waals surface area (Å²) < 4.78 is 3.16. The van der Waals surface area contributed by atoms with Crippen LogP contribution in [0.5, 0.6) is 0 Å². The summed E-state index contributed by atoms with van der Waals surface area (Å²) in [6.07, 6.45) is -1.94. The van der Waals surface area contributed by atoms with Crippen molar-refractivity contribution < 1.29 is 19.1 Å². The van der Waals surface area contributed by atoms with Gasteiger partial charge in [-0.25, -0.2) is 0 Å². The van der Waals surface area contributed by atoms with Crippen LogP contribution < -0.4 is 10.9 Å². The minimum absolute atomic E-state index is 0.0372. The first-order valence-electron chi connectivity index (χ1n) is 10.4. The second kappa shape index (κ2) is 8.52. The Labute approximate surface area is 194 Å². The first kappa shape index (κ1) is 22.8. The SMILES string of the molecule is CC1=C(c2ccc([N+](=O)[O-])cc2)[B-](c2ccc([N+](=O)[O-])cc2)(c2ccc([N+](=O)[O-])cc2)[O+](C)C1. The summed E-state index contributed by atoms with van der Waals surface area (Å²) >= 11 is 0. The Morgan fingerprint density at radius 2 is 1.03 bits per heavy atom. The van der Waals surface area contributed by atoms with E-state index in [-0.39, 0.29) is 17.1 Å². The van der Waals surface area contributed by atoms with Crippen LogP contribution in [-0.2, 0) is 4.28 Å². The van der Waals surface area contributed by atoms with Gasteiger partial charge in [-0.15, -0.1) is 10.9 Å². The molecule has 0 aliphatic carbocycles. The van der Waals surface area contributed by atoms with E-state index in [1.807, 2.05) is 14.0 Å². The maximum atomic E-state index is 11.2. The van der Waals surface area contributed by atoms with E-state index in [0.29, 0.717) is 6.61 Å². The van der Waals surface area contributed by atoms with Crippen LogP contribution in [0.3, 0.4) is 0 Å². The largest absolute Gasteiger partial charge is 0.659 e. The predicted octanol–water partition coefficient (Wildman–Crippen LogP) is 3.68. The van der Waals surface area contributed by atoms with Gasteiger partial charge in [-0.2, -0.15) is 0 Å². The van der Waals surface area contributed by atoms with Crippen LogP contribution in [0.4, 0.5) is 17.1 Å². The maximum Gasteiger partial charge on any atom is 0.377 e. The Hall–Kier alpha value is -4.38. The third-order valence-electron chi connectivity index (χ3n) is 6.45. The molecule has 0 amide bonds. The maximum absolute atomic E-state index is 11.2. The molecule has 172 valence electrons. The number of rotatable bonds is 6. The molecule has 0 radical (unpaired) electrons. The molecule has 1 aliphatic heterocycles. The Balaban J connectivity index is 1.99. The topological polar surface area (TPSA) is 132 Å². The van der Waals surface area contributed by atoms with Crippen LogP contribution in [0, 0.1) is 30.3 Å². The standard InChI is InChI=1S/C23H20BN3O7/c1-16-15-34(2)24(18-5-11-21(12-6-18)26(30)31,19-7-13-22(14-8-19)27(32)33)23(16)17-3-9-20(10-4-17)25(28)29/h3-14H,15H2,1-2H3. The van der Waals surface area contributed by atoms with Crippen molar-refractivity contribution in [3.8, 4) is 0 Å². The van der Waals surface area contributed by atoms with Crippen LogP contribution in [-0.4, -0.2) is 34.8 Å². The normalized spacial score (nSPS) is 15.4. The summed E-state index contributed by atoms with van der Waals surface area (Å²) in [4.78, 5) is 32.2. The lowest BCUT2D eigenvalue weighted by molar-refractivity contribution is -0.385. The highest BCUT2D eigenvalue weighted by atomic mass is 16.6. The number of nitro benzene ring substituents is 3. The van der Waals surface area contributed by atoms with Crippen molar-refractivity contribution in [3.05, 3.63) is 114 Å². The number of benzene rings is 3. The molecule has 0 fully saturated rings. The molecule has 3 aromatic carbocycles. The third kappa shape index (κ3) is 3.61. The summed E-state index contributed by atoms with van der Waals surface area (Å²) in [5.74, 6) is 0. The molecule has 0 unspecified atom stereocenters. The molecule has 1 aliphatic rings. The summed E-state index contributed by atoms with van der Waals surface area (Å²) in [5.41, 5.74) is 4.03. The zero-order valence-corrected chi connectivity index (χ0v) is 18.4. The van der Waals surface area contributed by atoms with Gasteiger partial charge in [0.15, 0.2) is 0 Å². The molecule has 0 atom stereocenters. The molecular formula is C23H20BN3O7. The van der Waals surface area contributed by atoms with E-state index in [4.69, 9.17) is 0 Å². The zero-order valence-electron chi connectivity index (χ0n) is 18.4. The molecule has 1 heterocycles. The zero-order chi connectivity index (χ0) is 24.6. The van der Waals surface area contributed by atoms with Crippen molar-refractivity contribution in [1.29, 1.82) is 0 Å². The lowest BCUT2D eigenvalue weighted by atomic mass is 9.27. The highest BCUT2D eigenvalue weighted by Gasteiger charge is 2.50. The van der Waals surface area contributed by atoms with Crippen LogP contribution in [0.1, 0.15) is 12.5 Å². The fourth-order valence-corrected chi connectivity index (χ4v) is 5.06. The van der Waals surface area contributed by atoms with Crippen molar-refractivity contribution >= 4 is 39.8 Å². The fraction of sp³-hybridized carbons (Fsp3) is 0.130. The van der Waals surface area contributed by atoms with E-state index < -0.39 is 21.1 Å². The smallest absolute Gasteiger partial charge is 0.377 e. The van der Waals surface area contributed by atoms with Gasteiger partial charge >= 0.3 is 6.35 Å². The molecule has 11 heteroatoms. The summed E-state index contributed by atoms with van der Waals surface area (Å²) in [6, 6.07) is 18.7. The van der Waals surface area contributed by atoms with E-state index in [9.17, 15) is 30.3 Å². The van der Waals surface area contributed by atoms with Crippen molar-refractivity contribution in [3.63, 3.8) is 0 Å². The second-order valence-electron chi connectivity index (χ2n) is 8.32. The van der Waals surface area contributed by atoms with Gasteiger partial charge in [0, 0.05) is 36.4 Å². The number of nitrogens with zero attached hydrogens (tertiary/aromatic N) is 3. The van der Waals surface area contributed by atoms with Gasteiger partial charge in [0.1, 0.15) is 6.61 Å². The van der Waals surface area contributed by atoms with Gasteiger partial charge in [0.25, 0.3) is 17.1 Å². The molecule has 0 N–H and O–H groups in total. The van der Waals surface area contributed by atoms with E-state index in [1.54, 1.807) is 36.4 Å². The second-order valence-corrected chi connectivity index (χ2v) is 8.32. The summed E-state index contributed by atoms with van der Waals surface area (Å²) in [5, 5.41) is 33.7. The van der Waals surface area contributed by atoms with Crippen LogP contribution >= 0.6 is 0 Å². The Morgan fingerprint density at radius 3 is 1.38 bits per heavy atom. The molecule has 3 aromatic rings. The lowest BCUT2D eigenvalue weighted by Gasteiger charge is -2.43. The molecular weight excluding hydrogens is 441 g/mol. The average Bonchev–Trinajstić information content (AvgIpc) is 3.09. The van der Waals surface area contributed by atoms with Gasteiger partial charge in [0.2, 0.25) is 0 Å². The summed E-state index contributed by atoms with van der Waals surface area (Å²) in [7, 11) is 1.85. The first-order valence-corrected chi connectivity index (χ1v) is 10.4. The number of nitro groups is 3. The number of hydrogen-bond donors (Lipinski definition) is 0. The quantitative estimate of drug-likeness (QED) is 0.238. The van der Waals surface area contributed by atoms with Crippen molar-refractivity contribution in [2.24, 2.45) is 0 Å². The van der Waals surface area contributed by atoms with Gasteiger partial charge in [-0.1, -0.05) is 47.4 Å². The minimum Gasteiger partial charge on any atom is -0.659 e. The van der Waals surface area contributed by atoms with Gasteiger partial charge < -0.3 is 4.28 Å². The van der Waals surface area contributed by atoms with E-state index in [2.05, 4.69) is 4.28 Å². The Bertz CT molecular complexity index is 1260. The third-order valence-corrected chi connectivity index (χ3v) is 6.45. The van der Waals surface area contributed by atoms with Gasteiger partial charge in [-0.05, 0) is 12.5 Å². The highest BCUT2D eigenvalue weighted by Crippen LogP contribution is 2.40. The molecule has 10 nitrogen and oxygen atoms in total. The van der Waals surface area contributed by atoms with Crippen molar-refractivity contribution in [2.45, 2.75) is 6.92 Å². The van der Waals surface area contributed by atoms with Crippen LogP contribution in [0.15, 0.2) is 78.4 Å². The van der Waals surface area contributed by atoms with E-state index >= 15 is 0 Å². The lowest BCUT2D eigenvalue weighted by Crippen LogP contribution is -2.64. The first-order chi connectivity index (χ1) is 16.2.